The average Bonchev–Trinajstić information content (AvgIpc) is 3.64. The third kappa shape index (κ3) is 7.57. The molecule has 2 aromatic carbocycles. The van der Waals surface area contributed by atoms with Gasteiger partial charge >= 0.3 is 12.3 Å². The highest BCUT2D eigenvalue weighted by molar-refractivity contribution is 6.10. The van der Waals surface area contributed by atoms with Crippen LogP contribution in [0.15, 0.2) is 48.8 Å². The number of carbonyl (C=O) groups excluding carboxylic acids is 2. The number of alkyl halides is 3. The molecule has 2 amide bonds. The number of fused-ring (bicyclic) bond motifs is 1. The predicted octanol–water partition coefficient (Wildman–Crippen LogP) is 6.99. The minimum atomic E-state index is -4.75. The van der Waals surface area contributed by atoms with Crippen molar-refractivity contribution in [3.63, 3.8) is 0 Å². The van der Waals surface area contributed by atoms with E-state index in [1.165, 1.54) is 17.3 Å². The van der Waals surface area contributed by atoms with Gasteiger partial charge in [-0.3, -0.25) is 9.69 Å². The standard InChI is InChI=1S/C37H39F3N8O4/c1-6-42-30-15-24(25-9-8-22(17-41)12-26(25)32-46-43-21-47(32)5)16-31(44-30)48-18-28-27(33(48)49)13-23(14-29(28)37(38,39)40)19-51-20-36(10-7-11-36)45-34(50)52-35(2,3)4/h8-9,12-16,21H,6-7,10-11,18-20H2,1-5H3,(H,42,44)(H,45,50). The maximum absolute atomic E-state index is 14.6. The molecule has 272 valence electrons. The van der Waals surface area contributed by atoms with Gasteiger partial charge < -0.3 is 24.7 Å². The van der Waals surface area contributed by atoms with E-state index in [0.29, 0.717) is 53.3 Å². The summed E-state index contributed by atoms with van der Waals surface area (Å²) >= 11 is 0. The van der Waals surface area contributed by atoms with Crippen LogP contribution < -0.4 is 15.5 Å². The molecule has 0 saturated heterocycles. The second-order valence-electron chi connectivity index (χ2n) is 14.1. The SMILES string of the molecule is CCNc1cc(-c2ccc(C#N)cc2-c2nncn2C)cc(N2Cc3c(cc(COCC4(NC(=O)OC(C)(C)C)CCC4)cc3C(F)(F)F)C2=O)n1. The summed E-state index contributed by atoms with van der Waals surface area (Å²) in [6.07, 6.45) is -1.66. The molecule has 0 bridgehead atoms. The summed E-state index contributed by atoms with van der Waals surface area (Å²) in [5, 5.41) is 23.8. The van der Waals surface area contributed by atoms with Crippen molar-refractivity contribution in [3.05, 3.63) is 76.6 Å². The van der Waals surface area contributed by atoms with Crippen molar-refractivity contribution in [3.8, 4) is 28.6 Å². The normalized spacial score (nSPS) is 15.1. The van der Waals surface area contributed by atoms with E-state index in [-0.39, 0.29) is 42.3 Å². The number of amides is 2. The highest BCUT2D eigenvalue weighted by Crippen LogP contribution is 2.41. The van der Waals surface area contributed by atoms with Gasteiger partial charge in [0.2, 0.25) is 0 Å². The van der Waals surface area contributed by atoms with E-state index in [1.54, 1.807) is 62.7 Å². The molecule has 1 aliphatic heterocycles. The molecule has 2 N–H and O–H groups in total. The van der Waals surface area contributed by atoms with Crippen molar-refractivity contribution in [2.75, 3.05) is 23.4 Å². The Kier molecular flexibility index (Phi) is 9.71. The summed E-state index contributed by atoms with van der Waals surface area (Å²) in [5.41, 5.74) is -0.112. The van der Waals surface area contributed by atoms with Gasteiger partial charge in [-0.15, -0.1) is 10.2 Å². The van der Waals surface area contributed by atoms with E-state index in [2.05, 4.69) is 31.9 Å². The van der Waals surface area contributed by atoms with E-state index in [9.17, 15) is 28.0 Å². The van der Waals surface area contributed by atoms with E-state index in [1.807, 2.05) is 6.92 Å². The van der Waals surface area contributed by atoms with Crippen molar-refractivity contribution >= 4 is 23.6 Å². The van der Waals surface area contributed by atoms with Gasteiger partial charge in [0.1, 0.15) is 23.6 Å². The minimum absolute atomic E-state index is 0.0698. The quantitative estimate of drug-likeness (QED) is 0.177. The zero-order valence-electron chi connectivity index (χ0n) is 29.5. The van der Waals surface area contributed by atoms with Crippen LogP contribution in [0.2, 0.25) is 0 Å². The number of aryl methyl sites for hydroxylation is 1. The second kappa shape index (κ2) is 13.9. The Bertz CT molecular complexity index is 2060. The number of aromatic nitrogens is 4. The Morgan fingerprint density at radius 1 is 1.08 bits per heavy atom. The zero-order valence-corrected chi connectivity index (χ0v) is 29.5. The molecule has 52 heavy (non-hydrogen) atoms. The molecule has 2 aromatic heterocycles. The van der Waals surface area contributed by atoms with Gasteiger partial charge in [0.15, 0.2) is 5.82 Å². The van der Waals surface area contributed by atoms with Crippen LogP contribution in [0.1, 0.15) is 79.6 Å². The molecular formula is C37H39F3N8O4. The molecule has 0 atom stereocenters. The number of benzene rings is 2. The highest BCUT2D eigenvalue weighted by Gasteiger charge is 2.42. The highest BCUT2D eigenvalue weighted by atomic mass is 19.4. The van der Waals surface area contributed by atoms with Crippen LogP contribution in [-0.2, 0) is 35.8 Å². The van der Waals surface area contributed by atoms with Crippen LogP contribution >= 0.6 is 0 Å². The lowest BCUT2D eigenvalue weighted by molar-refractivity contribution is -0.138. The number of pyridine rings is 1. The summed E-state index contributed by atoms with van der Waals surface area (Å²) in [4.78, 5) is 32.3. The Morgan fingerprint density at radius 3 is 2.46 bits per heavy atom. The lowest BCUT2D eigenvalue weighted by Gasteiger charge is -2.42. The van der Waals surface area contributed by atoms with E-state index in [0.717, 1.165) is 12.5 Å². The molecule has 15 heteroatoms. The lowest BCUT2D eigenvalue weighted by Crippen LogP contribution is -2.57. The molecule has 4 aromatic rings. The van der Waals surface area contributed by atoms with Crippen LogP contribution in [0.5, 0.6) is 0 Å². The first-order chi connectivity index (χ1) is 24.6. The van der Waals surface area contributed by atoms with E-state index >= 15 is 0 Å². The number of alkyl carbamates (subject to hydrolysis) is 1. The van der Waals surface area contributed by atoms with Gasteiger partial charge in [-0.2, -0.15) is 18.4 Å². The molecule has 2 aliphatic rings. The average molecular weight is 717 g/mol. The van der Waals surface area contributed by atoms with Crippen LogP contribution in [0, 0.1) is 11.3 Å². The third-order valence-electron chi connectivity index (χ3n) is 8.99. The van der Waals surface area contributed by atoms with Crippen molar-refractivity contribution < 1.29 is 32.2 Å². The molecule has 1 aliphatic carbocycles. The Balaban J connectivity index is 1.31. The first-order valence-electron chi connectivity index (χ1n) is 16.9. The van der Waals surface area contributed by atoms with Crippen molar-refractivity contribution in [1.29, 1.82) is 5.26 Å². The number of nitrogens with zero attached hydrogens (tertiary/aromatic N) is 6. The molecule has 3 heterocycles. The smallest absolute Gasteiger partial charge is 0.416 e. The van der Waals surface area contributed by atoms with Crippen LogP contribution in [0.3, 0.4) is 0 Å². The fourth-order valence-corrected chi connectivity index (χ4v) is 6.44. The number of halogens is 3. The molecular weight excluding hydrogens is 677 g/mol. The number of nitrogens with one attached hydrogen (secondary N) is 2. The first-order valence-corrected chi connectivity index (χ1v) is 16.9. The number of nitriles is 1. The Morgan fingerprint density at radius 2 is 1.85 bits per heavy atom. The summed E-state index contributed by atoms with van der Waals surface area (Å²) in [7, 11) is 1.77. The number of anilines is 2. The van der Waals surface area contributed by atoms with Crippen molar-refractivity contribution in [1.82, 2.24) is 25.1 Å². The van der Waals surface area contributed by atoms with Gasteiger partial charge in [0.05, 0.1) is 42.5 Å². The minimum Gasteiger partial charge on any atom is -0.444 e. The molecule has 1 fully saturated rings. The van der Waals surface area contributed by atoms with E-state index in [4.69, 9.17) is 9.47 Å². The number of hydrogen-bond donors (Lipinski definition) is 2. The summed E-state index contributed by atoms with van der Waals surface area (Å²) in [6.45, 7) is 7.14. The number of rotatable bonds is 10. The Labute approximate surface area is 299 Å². The maximum atomic E-state index is 14.6. The fourth-order valence-electron chi connectivity index (χ4n) is 6.44. The van der Waals surface area contributed by atoms with Crippen LogP contribution in [-0.4, -0.2) is 56.0 Å². The summed E-state index contributed by atoms with van der Waals surface area (Å²) in [5.74, 6) is 0.412. The fraction of sp³-hybridized carbons (Fsp3) is 0.405. The van der Waals surface area contributed by atoms with Crippen LogP contribution in [0.4, 0.5) is 29.6 Å². The van der Waals surface area contributed by atoms with Crippen molar-refractivity contribution in [2.45, 2.75) is 77.4 Å². The van der Waals surface area contributed by atoms with Crippen LogP contribution in [0.25, 0.3) is 22.5 Å². The molecule has 0 spiro atoms. The number of carbonyl (C=O) groups is 2. The van der Waals surface area contributed by atoms with E-state index < -0.39 is 34.9 Å². The molecule has 0 unspecified atom stereocenters. The number of hydrogen-bond acceptors (Lipinski definition) is 9. The van der Waals surface area contributed by atoms with Crippen molar-refractivity contribution in [2.24, 2.45) is 7.05 Å². The van der Waals surface area contributed by atoms with Gasteiger partial charge in [-0.25, -0.2) is 9.78 Å². The summed E-state index contributed by atoms with van der Waals surface area (Å²) in [6, 6.07) is 13.1. The lowest BCUT2D eigenvalue weighted by atomic mass is 9.77. The van der Waals surface area contributed by atoms with Gasteiger partial charge in [0, 0.05) is 24.7 Å². The topological polar surface area (TPSA) is 147 Å². The number of ether oxygens (including phenoxy) is 2. The second-order valence-corrected chi connectivity index (χ2v) is 14.1. The predicted molar refractivity (Wildman–Crippen MR) is 186 cm³/mol. The first kappa shape index (κ1) is 36.3. The maximum Gasteiger partial charge on any atom is 0.416 e. The van der Waals surface area contributed by atoms with Gasteiger partial charge in [-0.05, 0) is 106 Å². The Hall–Kier alpha value is -5.49. The largest absolute Gasteiger partial charge is 0.444 e. The summed E-state index contributed by atoms with van der Waals surface area (Å²) < 4.78 is 56.7. The zero-order chi connectivity index (χ0) is 37.4. The molecule has 6 rings (SSSR count). The molecule has 0 radical (unpaired) electrons. The third-order valence-corrected chi connectivity index (χ3v) is 8.99. The monoisotopic (exact) mass is 716 g/mol. The van der Waals surface area contributed by atoms with Gasteiger partial charge in [-0.1, -0.05) is 6.07 Å². The van der Waals surface area contributed by atoms with Gasteiger partial charge in [0.25, 0.3) is 5.91 Å². The molecule has 1 saturated carbocycles. The molecule has 12 nitrogen and oxygen atoms in total.